The highest BCUT2D eigenvalue weighted by Gasteiger charge is 2.62. The van der Waals surface area contributed by atoms with Crippen molar-refractivity contribution in [2.45, 2.75) is 18.8 Å². The number of benzene rings is 1. The summed E-state index contributed by atoms with van der Waals surface area (Å²) in [5.41, 5.74) is 0.902. The number of hydrogen-bond acceptors (Lipinski definition) is 7. The lowest BCUT2D eigenvalue weighted by Crippen LogP contribution is -2.43. The number of carbonyl (C=O) groups excluding carboxylic acids is 4. The predicted molar refractivity (Wildman–Crippen MR) is 92.9 cm³/mol. The first kappa shape index (κ1) is 18.9. The molecule has 9 nitrogen and oxygen atoms in total. The van der Waals surface area contributed by atoms with Gasteiger partial charge in [-0.15, -0.1) is 0 Å². The molecule has 0 aromatic heterocycles. The molecule has 2 heterocycles. The monoisotopic (exact) mass is 416 g/mol. The van der Waals surface area contributed by atoms with Crippen LogP contribution in [0.4, 0.5) is 4.39 Å². The molecule has 2 saturated heterocycles. The Labute approximate surface area is 168 Å². The Morgan fingerprint density at radius 2 is 1.50 bits per heavy atom. The lowest BCUT2D eigenvalue weighted by molar-refractivity contribution is -0.174. The van der Waals surface area contributed by atoms with Crippen molar-refractivity contribution in [3.63, 3.8) is 0 Å². The summed E-state index contributed by atoms with van der Waals surface area (Å²) in [5, 5.41) is 29.5. The van der Waals surface area contributed by atoms with E-state index in [2.05, 4.69) is 0 Å². The minimum atomic E-state index is -0.997. The second kappa shape index (κ2) is 6.19. The van der Waals surface area contributed by atoms with Crippen molar-refractivity contribution in [2.75, 3.05) is 0 Å². The van der Waals surface area contributed by atoms with Crippen LogP contribution < -0.4 is 0 Å². The fourth-order valence-electron chi connectivity index (χ4n) is 5.65. The van der Waals surface area contributed by atoms with Crippen molar-refractivity contribution in [3.05, 3.63) is 41.2 Å². The maximum atomic E-state index is 14.1. The number of imide groups is 2. The van der Waals surface area contributed by atoms with Crippen molar-refractivity contribution >= 4 is 23.6 Å². The highest BCUT2D eigenvalue weighted by Crippen LogP contribution is 2.57. The molecule has 0 bridgehead atoms. The van der Waals surface area contributed by atoms with Gasteiger partial charge in [0.05, 0.1) is 23.7 Å². The van der Waals surface area contributed by atoms with Crippen LogP contribution in [0.5, 0.6) is 5.75 Å². The number of nitrogens with zero attached hydrogens (tertiary/aromatic N) is 2. The molecule has 2 aliphatic heterocycles. The average Bonchev–Trinajstić information content (AvgIpc) is 3.09. The summed E-state index contributed by atoms with van der Waals surface area (Å²) < 4.78 is 14.1. The third-order valence-corrected chi connectivity index (χ3v) is 6.93. The van der Waals surface area contributed by atoms with Gasteiger partial charge < -0.3 is 5.11 Å². The number of amides is 4. The molecule has 3 fully saturated rings. The van der Waals surface area contributed by atoms with Gasteiger partial charge in [-0.1, -0.05) is 17.7 Å². The third-order valence-electron chi connectivity index (χ3n) is 6.93. The number of phenols is 1. The topological polar surface area (TPSA) is 135 Å². The van der Waals surface area contributed by atoms with E-state index < -0.39 is 70.7 Å². The number of phenolic OH excluding ortho intramolecular Hbond substituents is 1. The van der Waals surface area contributed by atoms with Gasteiger partial charge >= 0.3 is 0 Å². The average molecular weight is 416 g/mol. The van der Waals surface area contributed by atoms with E-state index in [0.29, 0.717) is 11.1 Å². The Kier molecular flexibility index (Phi) is 3.90. The van der Waals surface area contributed by atoms with Crippen LogP contribution in [-0.2, 0) is 19.2 Å². The number of halogens is 1. The second-order valence-corrected chi connectivity index (χ2v) is 8.21. The van der Waals surface area contributed by atoms with Gasteiger partial charge in [-0.25, -0.2) is 4.39 Å². The predicted octanol–water partition coefficient (Wildman–Crippen LogP) is 0.946. The number of hydrogen-bond donors (Lipinski definition) is 3. The zero-order valence-corrected chi connectivity index (χ0v) is 15.4. The third kappa shape index (κ3) is 2.28. The Morgan fingerprint density at radius 1 is 0.867 bits per heavy atom. The van der Waals surface area contributed by atoms with Crippen LogP contribution in [0.3, 0.4) is 0 Å². The molecule has 5 rings (SSSR count). The van der Waals surface area contributed by atoms with Crippen LogP contribution in [0.25, 0.3) is 0 Å². The lowest BCUT2D eigenvalue weighted by atomic mass is 9.57. The van der Waals surface area contributed by atoms with Gasteiger partial charge in [-0.05, 0) is 36.5 Å². The Balaban J connectivity index is 1.67. The Bertz CT molecular complexity index is 1050. The van der Waals surface area contributed by atoms with Crippen molar-refractivity contribution < 1.29 is 39.1 Å². The van der Waals surface area contributed by atoms with E-state index >= 15 is 0 Å². The van der Waals surface area contributed by atoms with Gasteiger partial charge in [0.15, 0.2) is 11.6 Å². The molecule has 30 heavy (non-hydrogen) atoms. The zero-order chi connectivity index (χ0) is 21.5. The first-order valence-corrected chi connectivity index (χ1v) is 9.54. The zero-order valence-electron chi connectivity index (χ0n) is 15.4. The maximum absolute atomic E-state index is 14.1. The van der Waals surface area contributed by atoms with E-state index in [1.165, 1.54) is 6.07 Å². The Hall–Kier alpha value is -3.11. The fraction of sp³-hybridized carbons (Fsp3) is 0.400. The molecule has 156 valence electrons. The summed E-state index contributed by atoms with van der Waals surface area (Å²) in [5.74, 6) is -9.69. The summed E-state index contributed by atoms with van der Waals surface area (Å²) >= 11 is 0. The van der Waals surface area contributed by atoms with Crippen LogP contribution in [0, 0.1) is 35.4 Å². The van der Waals surface area contributed by atoms with E-state index in [1.54, 1.807) is 6.08 Å². The van der Waals surface area contributed by atoms with E-state index in [-0.39, 0.29) is 23.0 Å². The van der Waals surface area contributed by atoms with E-state index in [4.69, 9.17) is 0 Å². The number of hydroxylamine groups is 4. The van der Waals surface area contributed by atoms with Crippen molar-refractivity contribution in [2.24, 2.45) is 29.6 Å². The number of rotatable bonds is 1. The number of carbonyl (C=O) groups is 4. The van der Waals surface area contributed by atoms with Gasteiger partial charge in [-0.2, -0.15) is 10.1 Å². The van der Waals surface area contributed by atoms with Crippen LogP contribution in [0.1, 0.15) is 24.3 Å². The molecule has 0 radical (unpaired) electrons. The molecule has 0 spiro atoms. The quantitative estimate of drug-likeness (QED) is 0.352. The standard InChI is InChI=1S/C20H17FN2O7/c21-12-5-7(1-4-13(12)24)14-8-2-3-9-15(19(27)22(29)17(9)25)10(8)6-11-16(14)20(28)23(30)18(11)26/h1-2,4-5,9-11,14-16,24,29-30H,3,6H2/t9-,10+,11+,14-,15-,16+/m0/s1. The van der Waals surface area contributed by atoms with Crippen LogP contribution in [-0.4, -0.2) is 49.3 Å². The molecule has 4 amide bonds. The van der Waals surface area contributed by atoms with Crippen LogP contribution in [0.2, 0.25) is 0 Å². The smallest absolute Gasteiger partial charge is 0.258 e. The molecule has 1 aromatic carbocycles. The van der Waals surface area contributed by atoms with Gasteiger partial charge in [-0.3, -0.25) is 29.6 Å². The summed E-state index contributed by atoms with van der Waals surface area (Å²) in [6, 6.07) is 3.62. The summed E-state index contributed by atoms with van der Waals surface area (Å²) in [6.07, 6.45) is 1.90. The van der Waals surface area contributed by atoms with E-state index in [9.17, 15) is 39.1 Å². The largest absolute Gasteiger partial charge is 0.505 e. The summed E-state index contributed by atoms with van der Waals surface area (Å²) in [7, 11) is 0. The molecule has 1 saturated carbocycles. The van der Waals surface area contributed by atoms with Gasteiger partial charge in [0.1, 0.15) is 0 Å². The van der Waals surface area contributed by atoms with E-state index in [1.807, 2.05) is 0 Å². The van der Waals surface area contributed by atoms with E-state index in [0.717, 1.165) is 12.1 Å². The van der Waals surface area contributed by atoms with Crippen molar-refractivity contribution in [1.29, 1.82) is 0 Å². The Morgan fingerprint density at radius 3 is 2.17 bits per heavy atom. The number of fused-ring (bicyclic) bond motifs is 4. The molecule has 1 aromatic rings. The van der Waals surface area contributed by atoms with Crippen molar-refractivity contribution in [3.8, 4) is 5.75 Å². The minimum absolute atomic E-state index is 0.0449. The summed E-state index contributed by atoms with van der Waals surface area (Å²) in [4.78, 5) is 50.0. The minimum Gasteiger partial charge on any atom is -0.505 e. The molecule has 2 aliphatic carbocycles. The number of aromatic hydroxyl groups is 1. The molecule has 4 aliphatic rings. The molecular formula is C20H17FN2O7. The van der Waals surface area contributed by atoms with Gasteiger partial charge in [0.25, 0.3) is 23.6 Å². The molecule has 6 atom stereocenters. The lowest BCUT2D eigenvalue weighted by Gasteiger charge is -2.43. The molecular weight excluding hydrogens is 399 g/mol. The normalized spacial score (nSPS) is 35.4. The first-order valence-electron chi connectivity index (χ1n) is 9.54. The number of allylic oxidation sites excluding steroid dienone is 2. The maximum Gasteiger partial charge on any atom is 0.258 e. The molecule has 3 N–H and O–H groups in total. The highest BCUT2D eigenvalue weighted by atomic mass is 19.1. The van der Waals surface area contributed by atoms with Gasteiger partial charge in [0, 0.05) is 5.92 Å². The fourth-order valence-corrected chi connectivity index (χ4v) is 5.65. The van der Waals surface area contributed by atoms with Gasteiger partial charge in [0.2, 0.25) is 0 Å². The molecule has 0 unspecified atom stereocenters. The van der Waals surface area contributed by atoms with Crippen molar-refractivity contribution in [1.82, 2.24) is 10.1 Å². The SMILES string of the molecule is O=C1[C@H]2[C@H](CC=C3[C@H]2C[C@H]2C(=O)N(O)C(=O)[C@H]2[C@H]3c2ccc(O)c(F)c2)C(=O)N1O. The highest BCUT2D eigenvalue weighted by molar-refractivity contribution is 6.06. The molecule has 10 heteroatoms. The van der Waals surface area contributed by atoms with Crippen LogP contribution in [0.15, 0.2) is 29.8 Å². The second-order valence-electron chi connectivity index (χ2n) is 8.21. The first-order chi connectivity index (χ1) is 14.2. The van der Waals surface area contributed by atoms with Crippen LogP contribution >= 0.6 is 0 Å². The summed E-state index contributed by atoms with van der Waals surface area (Å²) in [6.45, 7) is 0.